The summed E-state index contributed by atoms with van der Waals surface area (Å²) in [5.41, 5.74) is 19.0. The zero-order valence-corrected chi connectivity index (χ0v) is 45.2. The molecule has 3 heterocycles. The van der Waals surface area contributed by atoms with Gasteiger partial charge in [-0.05, 0) is 173 Å². The van der Waals surface area contributed by atoms with Crippen molar-refractivity contribution in [3.05, 3.63) is 119 Å². The normalized spacial score (nSPS) is 17.8. The van der Waals surface area contributed by atoms with Gasteiger partial charge in [-0.25, -0.2) is 0 Å². The molecule has 2 aliphatic heterocycles. The Balaban J connectivity index is 1.28. The van der Waals surface area contributed by atoms with Crippen molar-refractivity contribution >= 4 is 182 Å². The van der Waals surface area contributed by atoms with Crippen LogP contribution in [0.5, 0.6) is 0 Å². The number of benzene rings is 7. The van der Waals surface area contributed by atoms with E-state index in [1.807, 2.05) is 11.3 Å². The summed E-state index contributed by atoms with van der Waals surface area (Å²) in [6, 6.07) is 34.9. The van der Waals surface area contributed by atoms with Crippen molar-refractivity contribution in [3.63, 3.8) is 0 Å². The molecule has 7 aromatic carbocycles. The smallest absolute Gasteiger partial charge is 0.254 e. The molecular weight excluding hydrogens is 891 g/mol. The van der Waals surface area contributed by atoms with E-state index in [-0.39, 0.29) is 61.1 Å². The average Bonchev–Trinajstić information content (AvgIpc) is 3.72. The van der Waals surface area contributed by atoms with Gasteiger partial charge in [0.2, 0.25) is 0 Å². The minimum absolute atomic E-state index is 0.0327. The fourth-order valence-electron chi connectivity index (χ4n) is 13.3. The summed E-state index contributed by atoms with van der Waals surface area (Å²) in [6.45, 7) is 26.2. The van der Waals surface area contributed by atoms with Crippen LogP contribution >= 0.6 is 11.3 Å². The van der Waals surface area contributed by atoms with Crippen molar-refractivity contribution in [2.75, 3.05) is 9.80 Å². The highest BCUT2D eigenvalue weighted by atomic mass is 32.1. The first-order valence-electron chi connectivity index (χ1n) is 26.0. The van der Waals surface area contributed by atoms with Crippen molar-refractivity contribution in [1.82, 2.24) is 0 Å². The molecule has 11 heteroatoms. The van der Waals surface area contributed by atoms with Crippen molar-refractivity contribution < 1.29 is 0 Å². The molecule has 73 heavy (non-hydrogen) atoms. The van der Waals surface area contributed by atoms with Crippen LogP contribution in [0.1, 0.15) is 130 Å². The van der Waals surface area contributed by atoms with Crippen LogP contribution in [-0.2, 0) is 27.1 Å². The second-order valence-corrected chi connectivity index (χ2v) is 26.4. The van der Waals surface area contributed by atoms with E-state index in [4.69, 9.17) is 54.9 Å². The third-order valence-electron chi connectivity index (χ3n) is 17.9. The Labute approximate surface area is 447 Å². The molecule has 0 fully saturated rings. The lowest BCUT2D eigenvalue weighted by atomic mass is 9.33. The van der Waals surface area contributed by atoms with Crippen molar-refractivity contribution in [1.29, 1.82) is 0 Å². The molecule has 0 saturated carbocycles. The summed E-state index contributed by atoms with van der Waals surface area (Å²) in [7, 11) is 48.4. The summed E-state index contributed by atoms with van der Waals surface area (Å²) in [5.74, 6) is 0. The fraction of sp³-hybridized carbons (Fsp3) is 0.323. The molecule has 0 unspecified atom stereocenters. The van der Waals surface area contributed by atoms with Gasteiger partial charge in [-0.2, -0.15) is 0 Å². The number of anilines is 6. The third-order valence-corrected chi connectivity index (χ3v) is 19.1. The van der Waals surface area contributed by atoms with Gasteiger partial charge >= 0.3 is 0 Å². The van der Waals surface area contributed by atoms with Crippen LogP contribution in [-0.4, -0.2) is 61.6 Å². The van der Waals surface area contributed by atoms with Gasteiger partial charge in [0.1, 0.15) is 54.9 Å². The number of rotatable bonds is 3. The molecule has 0 atom stereocenters. The molecule has 0 amide bonds. The second-order valence-electron chi connectivity index (χ2n) is 25.4. The maximum Gasteiger partial charge on any atom is 0.254 e. The minimum Gasteiger partial charge on any atom is -0.311 e. The standard InChI is InChI=1S/C62H56B8N2S/c1-58(2,3)32-17-20-44-35(27-32)55-57(73-44)72(33-15-13-12-14-16-33)43-26-31(45-48(63)46-47(50(65)49(45)64)52(67)54(69)53(68)51(46)66)25-42-56(43)70(55)40-29-38-39(62(10,11)24-23-61(38,8)9)30-41(40)71(42)34-18-19-36-37(28-34)60(6,7)22-21-59(36,4)5/h12-20,25-30H,21-24H2,1-11H3. The minimum atomic E-state index is -0.141. The molecular formula is C62H56B8N2S. The van der Waals surface area contributed by atoms with Gasteiger partial charge in [0, 0.05) is 33.1 Å². The molecule has 14 radical (unpaired) electrons. The van der Waals surface area contributed by atoms with Crippen LogP contribution < -0.4 is 64.4 Å². The van der Waals surface area contributed by atoms with Gasteiger partial charge in [0.15, 0.2) is 0 Å². The molecule has 0 saturated heterocycles. The highest BCUT2D eigenvalue weighted by Gasteiger charge is 2.49. The molecule has 8 aromatic rings. The SMILES string of the molecule is [B]c1c([B])c([B])c2c([B])c(-c3cc4c5c(c3)N(c3ccccc3)c3sc6ccc(C(C)(C)C)cc6c3B5c3cc5c(cc3N4c3ccc4c(c3)C(C)(C)CCC4(C)C)C(C)(C)CCC5(C)C)c([B])c([B])c2c1[B]. The van der Waals surface area contributed by atoms with Crippen LogP contribution in [0.15, 0.2) is 91.0 Å². The van der Waals surface area contributed by atoms with Crippen LogP contribution in [0.3, 0.4) is 0 Å². The lowest BCUT2D eigenvalue weighted by molar-refractivity contribution is 0.332. The Morgan fingerprint density at radius 3 is 1.62 bits per heavy atom. The molecule has 0 spiro atoms. The van der Waals surface area contributed by atoms with E-state index >= 15 is 0 Å². The Kier molecular flexibility index (Phi) is 10.7. The van der Waals surface area contributed by atoms with Gasteiger partial charge in [-0.15, -0.1) is 22.3 Å². The van der Waals surface area contributed by atoms with Crippen LogP contribution in [0, 0.1) is 0 Å². The number of hydrogen-bond acceptors (Lipinski definition) is 3. The zero-order chi connectivity index (χ0) is 52.0. The maximum absolute atomic E-state index is 7.43. The first-order valence-corrected chi connectivity index (χ1v) is 26.8. The average molecular weight is 948 g/mol. The van der Waals surface area contributed by atoms with Crippen LogP contribution in [0.25, 0.3) is 32.0 Å². The Morgan fingerprint density at radius 2 is 1.01 bits per heavy atom. The van der Waals surface area contributed by atoms with E-state index in [2.05, 4.69) is 177 Å². The number of hydrogen-bond donors (Lipinski definition) is 0. The predicted octanol–water partition coefficient (Wildman–Crippen LogP) is 7.36. The first kappa shape index (κ1) is 48.8. The lowest BCUT2D eigenvalue weighted by Crippen LogP contribution is -2.61. The molecule has 12 rings (SSSR count). The summed E-state index contributed by atoms with van der Waals surface area (Å²) in [5, 5.41) is 3.31. The summed E-state index contributed by atoms with van der Waals surface area (Å²) < 4.78 is 1.25. The van der Waals surface area contributed by atoms with Gasteiger partial charge in [0.25, 0.3) is 6.71 Å². The van der Waals surface area contributed by atoms with Gasteiger partial charge in [-0.1, -0.05) is 146 Å². The predicted molar refractivity (Wildman–Crippen MR) is 326 cm³/mol. The molecule has 1 aromatic heterocycles. The molecule has 2 aliphatic carbocycles. The quantitative estimate of drug-likeness (QED) is 0.171. The monoisotopic (exact) mass is 948 g/mol. The molecule has 0 bridgehead atoms. The highest BCUT2D eigenvalue weighted by Crippen LogP contribution is 2.54. The number of nitrogens with zero attached hydrogens (tertiary/aromatic N) is 2. The third kappa shape index (κ3) is 6.98. The second kappa shape index (κ2) is 16.0. The van der Waals surface area contributed by atoms with Gasteiger partial charge in [-0.3, -0.25) is 0 Å². The lowest BCUT2D eigenvalue weighted by Gasteiger charge is -2.47. The van der Waals surface area contributed by atoms with Crippen molar-refractivity contribution in [2.24, 2.45) is 0 Å². The highest BCUT2D eigenvalue weighted by molar-refractivity contribution is 7.26. The molecule has 4 aliphatic rings. The van der Waals surface area contributed by atoms with Crippen LogP contribution in [0.4, 0.5) is 33.4 Å². The zero-order valence-electron chi connectivity index (χ0n) is 44.4. The summed E-state index contributed by atoms with van der Waals surface area (Å²) in [4.78, 5) is 5.04. The Hall–Kier alpha value is -5.12. The first-order chi connectivity index (χ1) is 34.2. The maximum atomic E-state index is 7.43. The Morgan fingerprint density at radius 1 is 0.479 bits per heavy atom. The molecule has 0 N–H and O–H groups in total. The summed E-state index contributed by atoms with van der Waals surface area (Å²) >= 11 is 1.86. The molecule has 2 nitrogen and oxygen atoms in total. The summed E-state index contributed by atoms with van der Waals surface area (Å²) in [6.07, 6.45) is 4.42. The van der Waals surface area contributed by atoms with E-state index in [0.717, 1.165) is 54.0 Å². The van der Waals surface area contributed by atoms with Gasteiger partial charge < -0.3 is 9.80 Å². The topological polar surface area (TPSA) is 6.48 Å². The van der Waals surface area contributed by atoms with Crippen molar-refractivity contribution in [3.8, 4) is 11.1 Å². The van der Waals surface area contributed by atoms with Gasteiger partial charge in [0.05, 0.1) is 5.00 Å². The van der Waals surface area contributed by atoms with E-state index in [0.29, 0.717) is 27.3 Å². The van der Waals surface area contributed by atoms with E-state index in [1.165, 1.54) is 65.0 Å². The van der Waals surface area contributed by atoms with Crippen molar-refractivity contribution in [2.45, 2.75) is 129 Å². The number of thiophene rings is 1. The molecule has 344 valence electrons. The fourth-order valence-corrected chi connectivity index (χ4v) is 14.5. The van der Waals surface area contributed by atoms with E-state index < -0.39 is 0 Å². The largest absolute Gasteiger partial charge is 0.311 e. The van der Waals surface area contributed by atoms with E-state index in [1.54, 1.807) is 0 Å². The Bertz CT molecular complexity index is 3730. The van der Waals surface area contributed by atoms with E-state index in [9.17, 15) is 0 Å². The number of para-hydroxylation sites is 1. The van der Waals surface area contributed by atoms with Crippen LogP contribution in [0.2, 0.25) is 0 Å². The number of fused-ring (bicyclic) bond motifs is 9.